The molecular weight excluding hydrogens is 358 g/mol. The lowest BCUT2D eigenvalue weighted by Gasteiger charge is -2.19. The number of benzene rings is 2. The van der Waals surface area contributed by atoms with Crippen molar-refractivity contribution >= 4 is 0 Å². The molecule has 0 bridgehead atoms. The fourth-order valence-corrected chi connectivity index (χ4v) is 2.93. The van der Waals surface area contributed by atoms with Crippen LogP contribution < -0.4 is 5.73 Å². The van der Waals surface area contributed by atoms with Gasteiger partial charge in [0, 0.05) is 18.3 Å². The maximum absolute atomic E-state index is 13.3. The van der Waals surface area contributed by atoms with Gasteiger partial charge >= 0.3 is 0 Å². The Kier molecular flexibility index (Phi) is 8.23. The quantitative estimate of drug-likeness (QED) is 0.654. The van der Waals surface area contributed by atoms with E-state index >= 15 is 0 Å². The molecule has 0 saturated carbocycles. The maximum atomic E-state index is 13.3. The summed E-state index contributed by atoms with van der Waals surface area (Å²) in [5, 5.41) is 10.5. The van der Waals surface area contributed by atoms with Crippen LogP contribution in [0.25, 0.3) is 0 Å². The van der Waals surface area contributed by atoms with Crippen LogP contribution in [0.5, 0.6) is 0 Å². The van der Waals surface area contributed by atoms with Gasteiger partial charge in [-0.15, -0.1) is 0 Å². The normalized spacial score (nSPS) is 12.6. The minimum atomic E-state index is -1.03. The molecule has 28 heavy (non-hydrogen) atoms. The van der Waals surface area contributed by atoms with Crippen molar-refractivity contribution in [3.05, 3.63) is 101 Å². The second-order valence-electron chi connectivity index (χ2n) is 6.34. The first-order valence-electron chi connectivity index (χ1n) is 9.38. The molecular formula is C23H26F2N2O. The van der Waals surface area contributed by atoms with Gasteiger partial charge in [0.05, 0.1) is 5.69 Å². The van der Waals surface area contributed by atoms with Crippen LogP contribution >= 0.6 is 0 Å². The zero-order chi connectivity index (χ0) is 20.5. The van der Waals surface area contributed by atoms with Gasteiger partial charge in [0.25, 0.3) is 0 Å². The van der Waals surface area contributed by atoms with Crippen molar-refractivity contribution in [1.82, 2.24) is 4.98 Å². The Morgan fingerprint density at radius 2 is 1.54 bits per heavy atom. The Morgan fingerprint density at radius 1 is 0.893 bits per heavy atom. The van der Waals surface area contributed by atoms with Crippen molar-refractivity contribution in [3.8, 4) is 0 Å². The summed E-state index contributed by atoms with van der Waals surface area (Å²) < 4.78 is 26.6. The predicted molar refractivity (Wildman–Crippen MR) is 108 cm³/mol. The minimum absolute atomic E-state index is 0.139. The van der Waals surface area contributed by atoms with E-state index in [9.17, 15) is 13.9 Å². The molecule has 3 aromatic rings. The number of aromatic nitrogens is 1. The van der Waals surface area contributed by atoms with Crippen LogP contribution in [0, 0.1) is 11.6 Å². The molecule has 0 aliphatic heterocycles. The van der Waals surface area contributed by atoms with Gasteiger partial charge in [-0.2, -0.15) is 0 Å². The lowest BCUT2D eigenvalue weighted by molar-refractivity contribution is 0.141. The molecule has 2 aromatic carbocycles. The predicted octanol–water partition coefficient (Wildman–Crippen LogP) is 4.58. The smallest absolute Gasteiger partial charge is 0.126 e. The van der Waals surface area contributed by atoms with Crippen LogP contribution in [0.2, 0.25) is 0 Å². The molecule has 0 aliphatic rings. The summed E-state index contributed by atoms with van der Waals surface area (Å²) in [5.74, 6) is -1.32. The molecule has 3 rings (SSSR count). The Morgan fingerprint density at radius 3 is 2.18 bits per heavy atom. The minimum Gasteiger partial charge on any atom is -0.385 e. The summed E-state index contributed by atoms with van der Waals surface area (Å²) in [6.07, 6.45) is 1.45. The third kappa shape index (κ3) is 6.22. The molecule has 1 aromatic heterocycles. The molecule has 0 amide bonds. The van der Waals surface area contributed by atoms with Gasteiger partial charge in [0.1, 0.15) is 17.7 Å². The molecule has 3 nitrogen and oxygen atoms in total. The highest BCUT2D eigenvalue weighted by Crippen LogP contribution is 2.20. The Labute approximate surface area is 164 Å². The number of hydrogen-bond acceptors (Lipinski definition) is 3. The van der Waals surface area contributed by atoms with Gasteiger partial charge in [-0.3, -0.25) is 4.98 Å². The molecule has 0 saturated heterocycles. The van der Waals surface area contributed by atoms with E-state index in [2.05, 4.69) is 4.98 Å². The van der Waals surface area contributed by atoms with Crippen molar-refractivity contribution in [2.75, 3.05) is 0 Å². The lowest BCUT2D eigenvalue weighted by Crippen LogP contribution is -2.31. The first-order valence-corrected chi connectivity index (χ1v) is 9.38. The summed E-state index contributed by atoms with van der Waals surface area (Å²) in [6.45, 7) is 4.00. The molecule has 2 unspecified atom stereocenters. The van der Waals surface area contributed by atoms with E-state index in [0.717, 1.165) is 17.2 Å². The number of aliphatic hydroxyl groups is 1. The fourth-order valence-electron chi connectivity index (χ4n) is 2.93. The van der Waals surface area contributed by atoms with Gasteiger partial charge in [-0.1, -0.05) is 44.2 Å². The Hall–Kier alpha value is -2.63. The van der Waals surface area contributed by atoms with E-state index in [4.69, 9.17) is 5.73 Å². The third-order valence-electron chi connectivity index (χ3n) is 4.20. The van der Waals surface area contributed by atoms with Gasteiger partial charge in [-0.05, 0) is 53.8 Å². The number of pyridine rings is 1. The van der Waals surface area contributed by atoms with E-state index in [0.29, 0.717) is 17.7 Å². The second kappa shape index (κ2) is 10.6. The summed E-state index contributed by atoms with van der Waals surface area (Å²) in [4.78, 5) is 4.20. The fraction of sp³-hybridized carbons (Fsp3) is 0.261. The van der Waals surface area contributed by atoms with Gasteiger partial charge in [0.2, 0.25) is 0 Å². The average Bonchev–Trinajstić information content (AvgIpc) is 2.69. The van der Waals surface area contributed by atoms with Gasteiger partial charge in [-0.25, -0.2) is 8.78 Å². The van der Waals surface area contributed by atoms with Gasteiger partial charge < -0.3 is 10.8 Å². The highest BCUT2D eigenvalue weighted by Gasteiger charge is 2.19. The summed E-state index contributed by atoms with van der Waals surface area (Å²) in [5.41, 5.74) is 9.05. The van der Waals surface area contributed by atoms with Crippen LogP contribution in [-0.2, 0) is 12.8 Å². The first kappa shape index (κ1) is 21.7. The van der Waals surface area contributed by atoms with E-state index in [1.54, 1.807) is 6.20 Å². The van der Waals surface area contributed by atoms with Crippen LogP contribution in [-0.4, -0.2) is 16.1 Å². The van der Waals surface area contributed by atoms with E-state index < -0.39 is 23.8 Å². The van der Waals surface area contributed by atoms with E-state index in [1.807, 2.05) is 56.3 Å². The number of rotatable bonds is 6. The number of halogens is 2. The highest BCUT2D eigenvalue weighted by molar-refractivity contribution is 5.27. The molecule has 0 radical (unpaired) electrons. The Balaban J connectivity index is 0.00000136. The molecule has 1 heterocycles. The largest absolute Gasteiger partial charge is 0.385 e. The first-order chi connectivity index (χ1) is 13.5. The second-order valence-corrected chi connectivity index (χ2v) is 6.34. The third-order valence-corrected chi connectivity index (χ3v) is 4.20. The summed E-state index contributed by atoms with van der Waals surface area (Å²) in [6, 6.07) is 16.2. The highest BCUT2D eigenvalue weighted by atomic mass is 19.1. The van der Waals surface area contributed by atoms with Crippen molar-refractivity contribution in [2.24, 2.45) is 5.73 Å². The topological polar surface area (TPSA) is 59.1 Å². The zero-order valence-corrected chi connectivity index (χ0v) is 16.1. The molecule has 3 N–H and O–H groups in total. The summed E-state index contributed by atoms with van der Waals surface area (Å²) in [7, 11) is 0. The van der Waals surface area contributed by atoms with Crippen LogP contribution in [0.4, 0.5) is 8.78 Å². The van der Waals surface area contributed by atoms with E-state index in [1.165, 1.54) is 12.1 Å². The summed E-state index contributed by atoms with van der Waals surface area (Å²) >= 11 is 0. The SMILES string of the molecule is CC.NC(Cc1cc(F)cc(F)c1)C(O)c1cc(Cc2ccccc2)ccn1. The van der Waals surface area contributed by atoms with Crippen LogP contribution in [0.3, 0.4) is 0 Å². The molecule has 0 spiro atoms. The molecule has 0 fully saturated rings. The van der Waals surface area contributed by atoms with Crippen LogP contribution in [0.1, 0.15) is 42.3 Å². The standard InChI is InChI=1S/C21H20F2N2O.C2H6/c22-17-9-16(10-18(23)13-17)11-19(24)21(26)20-12-15(6-7-25-20)8-14-4-2-1-3-5-14;1-2/h1-7,9-10,12-13,19,21,26H,8,11,24H2;1-2H3. The van der Waals surface area contributed by atoms with Gasteiger partial charge in [0.15, 0.2) is 0 Å². The lowest BCUT2D eigenvalue weighted by atomic mass is 9.98. The molecule has 148 valence electrons. The van der Waals surface area contributed by atoms with Crippen molar-refractivity contribution in [3.63, 3.8) is 0 Å². The zero-order valence-electron chi connectivity index (χ0n) is 16.1. The van der Waals surface area contributed by atoms with E-state index in [-0.39, 0.29) is 6.42 Å². The number of nitrogens with two attached hydrogens (primary N) is 1. The number of aliphatic hydroxyl groups excluding tert-OH is 1. The molecule has 0 aliphatic carbocycles. The van der Waals surface area contributed by atoms with Crippen molar-refractivity contribution < 1.29 is 13.9 Å². The monoisotopic (exact) mass is 384 g/mol. The van der Waals surface area contributed by atoms with Crippen LogP contribution in [0.15, 0.2) is 66.9 Å². The maximum Gasteiger partial charge on any atom is 0.126 e. The molecule has 5 heteroatoms. The Bertz CT molecular complexity index is 851. The number of hydrogen-bond donors (Lipinski definition) is 2. The number of nitrogens with zero attached hydrogens (tertiary/aromatic N) is 1. The van der Waals surface area contributed by atoms with Crippen molar-refractivity contribution in [1.29, 1.82) is 0 Å². The molecule has 2 atom stereocenters. The van der Waals surface area contributed by atoms with Crippen molar-refractivity contribution in [2.45, 2.75) is 38.8 Å². The average molecular weight is 384 g/mol.